The summed E-state index contributed by atoms with van der Waals surface area (Å²) in [6.07, 6.45) is 4.76. The van der Waals surface area contributed by atoms with Crippen molar-refractivity contribution in [1.29, 1.82) is 0 Å². The van der Waals surface area contributed by atoms with Gasteiger partial charge in [-0.1, -0.05) is 5.16 Å². The Hall–Kier alpha value is -1.36. The first-order valence-electron chi connectivity index (χ1n) is 5.69. The van der Waals surface area contributed by atoms with E-state index in [2.05, 4.69) is 10.5 Å². The van der Waals surface area contributed by atoms with E-state index < -0.39 is 0 Å². The first-order valence-corrected chi connectivity index (χ1v) is 5.69. The minimum atomic E-state index is -0.0197. The zero-order valence-corrected chi connectivity index (χ0v) is 9.48. The number of hydrogen-bond acceptors (Lipinski definition) is 4. The molecule has 1 aliphatic heterocycles. The summed E-state index contributed by atoms with van der Waals surface area (Å²) >= 11 is 0. The molecule has 0 spiro atoms. The Kier molecular flexibility index (Phi) is 3.56. The SMILES string of the molecule is CNCC1CCCCN1C(=O)c1ccon1. The lowest BCUT2D eigenvalue weighted by molar-refractivity contribution is 0.0604. The molecule has 2 heterocycles. The van der Waals surface area contributed by atoms with Gasteiger partial charge in [-0.05, 0) is 26.3 Å². The van der Waals surface area contributed by atoms with E-state index in [-0.39, 0.29) is 11.9 Å². The molecule has 1 aliphatic rings. The molecule has 1 aromatic rings. The average Bonchev–Trinajstić information content (AvgIpc) is 2.83. The minimum Gasteiger partial charge on any atom is -0.364 e. The lowest BCUT2D eigenvalue weighted by Gasteiger charge is -2.35. The average molecular weight is 223 g/mol. The molecule has 0 radical (unpaired) electrons. The van der Waals surface area contributed by atoms with Gasteiger partial charge in [0.1, 0.15) is 6.26 Å². The second-order valence-corrected chi connectivity index (χ2v) is 4.09. The number of hydrogen-bond donors (Lipinski definition) is 1. The molecule has 1 fully saturated rings. The lowest BCUT2D eigenvalue weighted by Crippen LogP contribution is -2.48. The van der Waals surface area contributed by atoms with Gasteiger partial charge >= 0.3 is 0 Å². The third kappa shape index (κ3) is 2.24. The van der Waals surface area contributed by atoms with E-state index in [1.165, 1.54) is 12.7 Å². The zero-order chi connectivity index (χ0) is 11.4. The molecule has 1 amide bonds. The van der Waals surface area contributed by atoms with Crippen LogP contribution >= 0.6 is 0 Å². The van der Waals surface area contributed by atoms with E-state index in [1.807, 2.05) is 11.9 Å². The zero-order valence-electron chi connectivity index (χ0n) is 9.48. The molecule has 1 N–H and O–H groups in total. The number of amides is 1. The summed E-state index contributed by atoms with van der Waals surface area (Å²) in [5.74, 6) is -0.0197. The molecule has 0 aromatic carbocycles. The van der Waals surface area contributed by atoms with Gasteiger partial charge in [-0.2, -0.15) is 0 Å². The highest BCUT2D eigenvalue weighted by Gasteiger charge is 2.28. The van der Waals surface area contributed by atoms with E-state index in [9.17, 15) is 4.79 Å². The standard InChI is InChI=1S/C11H17N3O2/c1-12-8-9-4-2-3-6-14(9)11(15)10-5-7-16-13-10/h5,7,9,12H,2-4,6,8H2,1H3. The van der Waals surface area contributed by atoms with Gasteiger partial charge < -0.3 is 14.7 Å². The van der Waals surface area contributed by atoms with Crippen LogP contribution in [0.5, 0.6) is 0 Å². The smallest absolute Gasteiger partial charge is 0.276 e. The fourth-order valence-electron chi connectivity index (χ4n) is 2.19. The molecule has 1 unspecified atom stereocenters. The predicted octanol–water partition coefficient (Wildman–Crippen LogP) is 0.889. The Morgan fingerprint density at radius 1 is 1.69 bits per heavy atom. The topological polar surface area (TPSA) is 58.4 Å². The van der Waals surface area contributed by atoms with Crippen LogP contribution in [0.3, 0.4) is 0 Å². The second kappa shape index (κ2) is 5.12. The van der Waals surface area contributed by atoms with E-state index in [0.717, 1.165) is 25.9 Å². The predicted molar refractivity (Wildman–Crippen MR) is 59.1 cm³/mol. The molecule has 0 saturated carbocycles. The molecule has 1 aromatic heterocycles. The Balaban J connectivity index is 2.08. The Morgan fingerprint density at radius 2 is 2.56 bits per heavy atom. The minimum absolute atomic E-state index is 0.0197. The summed E-state index contributed by atoms with van der Waals surface area (Å²) in [5.41, 5.74) is 0.406. The van der Waals surface area contributed by atoms with E-state index in [4.69, 9.17) is 4.52 Å². The number of nitrogens with zero attached hydrogens (tertiary/aromatic N) is 2. The summed E-state index contributed by atoms with van der Waals surface area (Å²) in [6, 6.07) is 1.90. The first-order chi connectivity index (χ1) is 7.83. The van der Waals surface area contributed by atoms with Gasteiger partial charge in [-0.15, -0.1) is 0 Å². The maximum atomic E-state index is 12.1. The fourth-order valence-corrected chi connectivity index (χ4v) is 2.19. The van der Waals surface area contributed by atoms with Crippen molar-refractivity contribution < 1.29 is 9.32 Å². The highest BCUT2D eigenvalue weighted by Crippen LogP contribution is 2.18. The monoisotopic (exact) mass is 223 g/mol. The van der Waals surface area contributed by atoms with Gasteiger partial charge in [0.15, 0.2) is 5.69 Å². The van der Waals surface area contributed by atoms with Gasteiger partial charge in [-0.25, -0.2) is 0 Å². The number of carbonyl (C=O) groups excluding carboxylic acids is 1. The molecule has 2 rings (SSSR count). The first kappa shape index (κ1) is 11.1. The summed E-state index contributed by atoms with van der Waals surface area (Å²) < 4.78 is 4.71. The molecule has 16 heavy (non-hydrogen) atoms. The molecule has 0 bridgehead atoms. The van der Waals surface area contributed by atoms with Crippen LogP contribution in [-0.2, 0) is 0 Å². The Morgan fingerprint density at radius 3 is 3.25 bits per heavy atom. The molecule has 5 heteroatoms. The van der Waals surface area contributed by atoms with Crippen molar-refractivity contribution in [2.45, 2.75) is 25.3 Å². The summed E-state index contributed by atoms with van der Waals surface area (Å²) in [5, 5.41) is 6.83. The second-order valence-electron chi connectivity index (χ2n) is 4.09. The number of likely N-dealkylation sites (N-methyl/N-ethyl adjacent to an activating group) is 1. The van der Waals surface area contributed by atoms with Crippen LogP contribution in [0.2, 0.25) is 0 Å². The van der Waals surface area contributed by atoms with E-state index in [1.54, 1.807) is 6.07 Å². The highest BCUT2D eigenvalue weighted by atomic mass is 16.5. The van der Waals surface area contributed by atoms with Crippen LogP contribution in [0.25, 0.3) is 0 Å². The van der Waals surface area contributed by atoms with E-state index >= 15 is 0 Å². The third-order valence-corrected chi connectivity index (χ3v) is 2.98. The molecule has 5 nitrogen and oxygen atoms in total. The lowest BCUT2D eigenvalue weighted by atomic mass is 10.0. The van der Waals surface area contributed by atoms with Crippen molar-refractivity contribution in [3.8, 4) is 0 Å². The molecule has 88 valence electrons. The third-order valence-electron chi connectivity index (χ3n) is 2.98. The van der Waals surface area contributed by atoms with Crippen LogP contribution in [0.4, 0.5) is 0 Å². The van der Waals surface area contributed by atoms with Crippen molar-refractivity contribution in [3.05, 3.63) is 18.0 Å². The molecular formula is C11H17N3O2. The number of nitrogens with one attached hydrogen (secondary N) is 1. The Bertz CT molecular complexity index is 335. The van der Waals surface area contributed by atoms with Crippen molar-refractivity contribution in [2.24, 2.45) is 0 Å². The van der Waals surface area contributed by atoms with Crippen molar-refractivity contribution in [1.82, 2.24) is 15.4 Å². The van der Waals surface area contributed by atoms with Crippen LogP contribution < -0.4 is 5.32 Å². The summed E-state index contributed by atoms with van der Waals surface area (Å²) in [7, 11) is 1.91. The maximum absolute atomic E-state index is 12.1. The van der Waals surface area contributed by atoms with Crippen molar-refractivity contribution >= 4 is 5.91 Å². The number of piperidine rings is 1. The fraction of sp³-hybridized carbons (Fsp3) is 0.636. The van der Waals surface area contributed by atoms with Gasteiger partial charge in [0, 0.05) is 25.2 Å². The number of carbonyl (C=O) groups is 1. The van der Waals surface area contributed by atoms with Crippen LogP contribution in [0.1, 0.15) is 29.8 Å². The summed E-state index contributed by atoms with van der Waals surface area (Å²) in [4.78, 5) is 14.0. The largest absolute Gasteiger partial charge is 0.364 e. The normalized spacial score (nSPS) is 21.1. The van der Waals surface area contributed by atoms with Gasteiger partial charge in [-0.3, -0.25) is 4.79 Å². The van der Waals surface area contributed by atoms with Crippen molar-refractivity contribution in [2.75, 3.05) is 20.1 Å². The number of rotatable bonds is 3. The van der Waals surface area contributed by atoms with Crippen molar-refractivity contribution in [3.63, 3.8) is 0 Å². The molecular weight excluding hydrogens is 206 g/mol. The summed E-state index contributed by atoms with van der Waals surface area (Å²) in [6.45, 7) is 1.65. The number of likely N-dealkylation sites (tertiary alicyclic amines) is 1. The quantitative estimate of drug-likeness (QED) is 0.826. The molecule has 0 aliphatic carbocycles. The maximum Gasteiger partial charge on any atom is 0.276 e. The molecule has 1 saturated heterocycles. The van der Waals surface area contributed by atoms with Gasteiger partial charge in [0.25, 0.3) is 5.91 Å². The van der Waals surface area contributed by atoms with Crippen LogP contribution in [0.15, 0.2) is 16.9 Å². The van der Waals surface area contributed by atoms with Gasteiger partial charge in [0.2, 0.25) is 0 Å². The van der Waals surface area contributed by atoms with Gasteiger partial charge in [0.05, 0.1) is 0 Å². The molecule has 1 atom stereocenters. The Labute approximate surface area is 94.8 Å². The highest BCUT2D eigenvalue weighted by molar-refractivity contribution is 5.92. The number of aromatic nitrogens is 1. The van der Waals surface area contributed by atoms with Crippen LogP contribution in [0, 0.1) is 0 Å². The van der Waals surface area contributed by atoms with E-state index in [0.29, 0.717) is 5.69 Å². The van der Waals surface area contributed by atoms with Crippen LogP contribution in [-0.4, -0.2) is 42.1 Å².